The highest BCUT2D eigenvalue weighted by molar-refractivity contribution is 9.09. The Morgan fingerprint density at radius 1 is 0.958 bits per heavy atom. The van der Waals surface area contributed by atoms with Crippen molar-refractivity contribution in [2.24, 2.45) is 0 Å². The molecule has 3 aliphatic rings. The van der Waals surface area contributed by atoms with Gasteiger partial charge in [-0.3, -0.25) is 0 Å². The Morgan fingerprint density at radius 3 is 2.25 bits per heavy atom. The molecule has 1 atom stereocenters. The van der Waals surface area contributed by atoms with Crippen molar-refractivity contribution in [3.8, 4) is 0 Å². The highest BCUT2D eigenvalue weighted by Gasteiger charge is 2.23. The van der Waals surface area contributed by atoms with Crippen LogP contribution in [0.3, 0.4) is 0 Å². The number of aromatic nitrogens is 2. The van der Waals surface area contributed by atoms with Gasteiger partial charge in [-0.1, -0.05) is 0 Å². The number of rotatable bonds is 3. The standard InChI is InChI=1S/C16H21BrN4O3/c17-14-2-1-13(24-14)12-11-15(20-3-7-22-8-4-20)19-16(18-12)21-5-9-23-10-6-21/h1,11,14H,2-10H2. The zero-order chi connectivity index (χ0) is 16.4. The van der Waals surface area contributed by atoms with Gasteiger partial charge in [0.1, 0.15) is 17.3 Å². The lowest BCUT2D eigenvalue weighted by Gasteiger charge is -2.31. The molecule has 2 fully saturated rings. The predicted molar refractivity (Wildman–Crippen MR) is 94.5 cm³/mol. The van der Waals surface area contributed by atoms with E-state index in [2.05, 4.69) is 31.8 Å². The molecule has 0 bridgehead atoms. The summed E-state index contributed by atoms with van der Waals surface area (Å²) in [5.74, 6) is 2.51. The molecule has 0 aliphatic carbocycles. The van der Waals surface area contributed by atoms with Crippen LogP contribution < -0.4 is 9.80 Å². The SMILES string of the molecule is BrC1CC=C(c2cc(N3CCOCC3)nc(N3CCOCC3)n2)O1. The first-order valence-electron chi connectivity index (χ1n) is 8.35. The van der Waals surface area contributed by atoms with Crippen molar-refractivity contribution >= 4 is 33.5 Å². The summed E-state index contributed by atoms with van der Waals surface area (Å²) in [4.78, 5) is 14.0. The Kier molecular flexibility index (Phi) is 4.86. The van der Waals surface area contributed by atoms with E-state index in [1.54, 1.807) is 0 Å². The summed E-state index contributed by atoms with van der Waals surface area (Å²) in [5, 5.41) is 0.0288. The number of anilines is 2. The third kappa shape index (κ3) is 3.50. The summed E-state index contributed by atoms with van der Waals surface area (Å²) < 4.78 is 16.7. The first kappa shape index (κ1) is 16.1. The highest BCUT2D eigenvalue weighted by atomic mass is 79.9. The Balaban J connectivity index is 1.66. The quantitative estimate of drug-likeness (QED) is 0.719. The second-order valence-electron chi connectivity index (χ2n) is 5.94. The Labute approximate surface area is 149 Å². The van der Waals surface area contributed by atoms with Crippen LogP contribution in [0.4, 0.5) is 11.8 Å². The zero-order valence-corrected chi connectivity index (χ0v) is 15.1. The maximum absolute atomic E-state index is 5.83. The molecule has 24 heavy (non-hydrogen) atoms. The van der Waals surface area contributed by atoms with Gasteiger partial charge in [0.25, 0.3) is 0 Å². The van der Waals surface area contributed by atoms with Crippen LogP contribution in [0, 0.1) is 0 Å². The van der Waals surface area contributed by atoms with Crippen LogP contribution in [0.15, 0.2) is 12.1 Å². The molecule has 0 N–H and O–H groups in total. The number of hydrogen-bond acceptors (Lipinski definition) is 7. The average Bonchev–Trinajstić information content (AvgIpc) is 3.09. The molecule has 0 radical (unpaired) electrons. The largest absolute Gasteiger partial charge is 0.477 e. The summed E-state index contributed by atoms with van der Waals surface area (Å²) in [5.41, 5.74) is 0.843. The van der Waals surface area contributed by atoms with Gasteiger partial charge in [0.2, 0.25) is 5.95 Å². The molecule has 4 heterocycles. The van der Waals surface area contributed by atoms with Crippen LogP contribution in [-0.4, -0.2) is 67.6 Å². The predicted octanol–water partition coefficient (Wildman–Crippen LogP) is 1.63. The van der Waals surface area contributed by atoms with Crippen molar-refractivity contribution in [1.29, 1.82) is 0 Å². The van der Waals surface area contributed by atoms with Crippen LogP contribution >= 0.6 is 15.9 Å². The minimum atomic E-state index is 0.0288. The van der Waals surface area contributed by atoms with Gasteiger partial charge >= 0.3 is 0 Å². The lowest BCUT2D eigenvalue weighted by molar-refractivity contribution is 0.121. The molecule has 4 rings (SSSR count). The summed E-state index contributed by atoms with van der Waals surface area (Å²) >= 11 is 3.49. The minimum Gasteiger partial charge on any atom is -0.477 e. The smallest absolute Gasteiger partial charge is 0.228 e. The molecule has 1 aromatic rings. The summed E-state index contributed by atoms with van der Waals surface area (Å²) in [6, 6.07) is 2.02. The molecule has 3 aliphatic heterocycles. The van der Waals surface area contributed by atoms with Crippen LogP contribution in [0.25, 0.3) is 5.76 Å². The molecule has 0 aromatic carbocycles. The van der Waals surface area contributed by atoms with Gasteiger partial charge in [-0.05, 0) is 22.0 Å². The molecule has 1 unspecified atom stereocenters. The minimum absolute atomic E-state index is 0.0288. The maximum atomic E-state index is 5.83. The van der Waals surface area contributed by atoms with Gasteiger partial charge in [-0.25, -0.2) is 4.98 Å². The number of hydrogen-bond donors (Lipinski definition) is 0. The molecule has 2 saturated heterocycles. The van der Waals surface area contributed by atoms with Gasteiger partial charge in [-0.15, -0.1) is 0 Å². The van der Waals surface area contributed by atoms with Crippen LogP contribution in [0.2, 0.25) is 0 Å². The van der Waals surface area contributed by atoms with E-state index in [4.69, 9.17) is 24.2 Å². The second kappa shape index (κ2) is 7.25. The lowest BCUT2D eigenvalue weighted by Crippen LogP contribution is -2.39. The number of ether oxygens (including phenoxy) is 3. The van der Waals surface area contributed by atoms with Crippen molar-refractivity contribution in [3.05, 3.63) is 17.8 Å². The van der Waals surface area contributed by atoms with Gasteiger partial charge in [0, 0.05) is 38.7 Å². The van der Waals surface area contributed by atoms with Gasteiger partial charge in [-0.2, -0.15) is 4.98 Å². The monoisotopic (exact) mass is 396 g/mol. The van der Waals surface area contributed by atoms with E-state index in [1.807, 2.05) is 6.07 Å². The number of halogens is 1. The molecule has 0 saturated carbocycles. The first-order valence-corrected chi connectivity index (χ1v) is 9.27. The van der Waals surface area contributed by atoms with E-state index in [-0.39, 0.29) is 5.01 Å². The van der Waals surface area contributed by atoms with Gasteiger partial charge in [0.05, 0.1) is 26.4 Å². The molecular weight excluding hydrogens is 376 g/mol. The Hall–Kier alpha value is -1.38. The molecule has 0 amide bonds. The second-order valence-corrected chi connectivity index (χ2v) is 6.96. The molecule has 130 valence electrons. The molecule has 0 spiro atoms. The highest BCUT2D eigenvalue weighted by Crippen LogP contribution is 2.31. The normalized spacial score (nSPS) is 24.7. The third-order valence-electron chi connectivity index (χ3n) is 4.33. The number of nitrogens with zero attached hydrogens (tertiary/aromatic N) is 4. The van der Waals surface area contributed by atoms with Gasteiger partial charge in [0.15, 0.2) is 5.01 Å². The fraction of sp³-hybridized carbons (Fsp3) is 0.625. The Bertz CT molecular complexity index is 579. The van der Waals surface area contributed by atoms with Crippen molar-refractivity contribution in [2.75, 3.05) is 62.4 Å². The topological polar surface area (TPSA) is 60.0 Å². The molecular formula is C16H21BrN4O3. The van der Waals surface area contributed by atoms with E-state index in [1.165, 1.54) is 0 Å². The number of alkyl halides is 1. The van der Waals surface area contributed by atoms with Crippen molar-refractivity contribution in [3.63, 3.8) is 0 Å². The van der Waals surface area contributed by atoms with E-state index in [0.29, 0.717) is 13.2 Å². The number of morpholine rings is 2. The van der Waals surface area contributed by atoms with Crippen LogP contribution in [0.1, 0.15) is 12.1 Å². The van der Waals surface area contributed by atoms with Crippen molar-refractivity contribution < 1.29 is 14.2 Å². The Morgan fingerprint density at radius 2 is 1.62 bits per heavy atom. The van der Waals surface area contributed by atoms with E-state index in [9.17, 15) is 0 Å². The van der Waals surface area contributed by atoms with Crippen LogP contribution in [-0.2, 0) is 14.2 Å². The molecule has 7 nitrogen and oxygen atoms in total. The van der Waals surface area contributed by atoms with Crippen molar-refractivity contribution in [2.45, 2.75) is 11.4 Å². The van der Waals surface area contributed by atoms with E-state index in [0.717, 1.165) is 69.0 Å². The summed E-state index contributed by atoms with van der Waals surface area (Å²) in [6.07, 6.45) is 2.92. The fourth-order valence-corrected chi connectivity index (χ4v) is 3.39. The van der Waals surface area contributed by atoms with Gasteiger partial charge < -0.3 is 24.0 Å². The first-order chi connectivity index (χ1) is 11.8. The van der Waals surface area contributed by atoms with Crippen molar-refractivity contribution in [1.82, 2.24) is 9.97 Å². The third-order valence-corrected chi connectivity index (χ3v) is 4.89. The maximum Gasteiger partial charge on any atom is 0.228 e. The fourth-order valence-electron chi connectivity index (χ4n) is 3.01. The van der Waals surface area contributed by atoms with E-state index >= 15 is 0 Å². The summed E-state index contributed by atoms with van der Waals surface area (Å²) in [7, 11) is 0. The molecule has 8 heteroatoms. The lowest BCUT2D eigenvalue weighted by atomic mass is 10.3. The van der Waals surface area contributed by atoms with E-state index < -0.39 is 0 Å². The zero-order valence-electron chi connectivity index (χ0n) is 13.5. The summed E-state index contributed by atoms with van der Waals surface area (Å²) in [6.45, 7) is 6.20. The molecule has 1 aromatic heterocycles. The van der Waals surface area contributed by atoms with Crippen LogP contribution in [0.5, 0.6) is 0 Å². The average molecular weight is 397 g/mol.